The van der Waals surface area contributed by atoms with Gasteiger partial charge in [0.1, 0.15) is 17.9 Å². The maximum absolute atomic E-state index is 14.1. The van der Waals surface area contributed by atoms with Gasteiger partial charge >= 0.3 is 0 Å². The van der Waals surface area contributed by atoms with Gasteiger partial charge < -0.3 is 10.1 Å². The van der Waals surface area contributed by atoms with Crippen molar-refractivity contribution in [1.82, 2.24) is 20.2 Å². The number of nitrogens with zero attached hydrogens (tertiary/aromatic N) is 4. The van der Waals surface area contributed by atoms with Crippen molar-refractivity contribution in [2.75, 3.05) is 11.9 Å². The molecule has 0 spiro atoms. The summed E-state index contributed by atoms with van der Waals surface area (Å²) in [6, 6.07) is 21.7. The second kappa shape index (κ2) is 8.95. The number of amides is 1. The quantitative estimate of drug-likeness (QED) is 0.511. The molecule has 4 aromatic rings. The van der Waals surface area contributed by atoms with E-state index in [1.807, 2.05) is 54.6 Å². The summed E-state index contributed by atoms with van der Waals surface area (Å²) in [6.07, 6.45) is 2.06. The van der Waals surface area contributed by atoms with Crippen LogP contribution in [0.2, 0.25) is 0 Å². The average molecular weight is 403 g/mol. The zero-order valence-corrected chi connectivity index (χ0v) is 15.9. The van der Waals surface area contributed by atoms with Gasteiger partial charge in [-0.1, -0.05) is 48.5 Å². The van der Waals surface area contributed by atoms with Crippen molar-refractivity contribution >= 4 is 11.6 Å². The first kappa shape index (κ1) is 19.3. The van der Waals surface area contributed by atoms with Crippen LogP contribution in [0, 0.1) is 5.82 Å². The third-order valence-corrected chi connectivity index (χ3v) is 4.41. The van der Waals surface area contributed by atoms with Gasteiger partial charge in [0.2, 0.25) is 0 Å². The van der Waals surface area contributed by atoms with Crippen molar-refractivity contribution < 1.29 is 13.9 Å². The van der Waals surface area contributed by atoms with Crippen LogP contribution in [0.3, 0.4) is 0 Å². The first-order valence-corrected chi connectivity index (χ1v) is 9.26. The van der Waals surface area contributed by atoms with E-state index in [4.69, 9.17) is 4.74 Å². The molecule has 150 valence electrons. The van der Waals surface area contributed by atoms with E-state index in [0.29, 0.717) is 17.9 Å². The Hall–Kier alpha value is -4.07. The van der Waals surface area contributed by atoms with E-state index in [2.05, 4.69) is 20.8 Å². The maximum Gasteiger partial charge on any atom is 0.262 e. The molecule has 3 aromatic carbocycles. The van der Waals surface area contributed by atoms with Gasteiger partial charge in [-0.15, -0.1) is 5.10 Å². The summed E-state index contributed by atoms with van der Waals surface area (Å²) >= 11 is 0. The molecule has 0 bridgehead atoms. The van der Waals surface area contributed by atoms with E-state index < -0.39 is 11.7 Å². The number of halogens is 1. The smallest absolute Gasteiger partial charge is 0.262 e. The number of benzene rings is 3. The predicted octanol–water partition coefficient (Wildman–Crippen LogP) is 3.41. The molecule has 4 rings (SSSR count). The Morgan fingerprint density at radius 2 is 1.83 bits per heavy atom. The van der Waals surface area contributed by atoms with E-state index in [1.54, 1.807) is 0 Å². The number of carbonyl (C=O) groups is 1. The molecule has 0 radical (unpaired) electrons. The molecule has 0 unspecified atom stereocenters. The Morgan fingerprint density at radius 1 is 1.03 bits per heavy atom. The lowest BCUT2D eigenvalue weighted by Gasteiger charge is -2.12. The average Bonchev–Trinajstić information content (AvgIpc) is 3.30. The first-order valence-electron chi connectivity index (χ1n) is 9.26. The van der Waals surface area contributed by atoms with Crippen molar-refractivity contribution in [2.45, 2.75) is 6.42 Å². The standard InChI is InChI=1S/C22H18FN5O2/c23-19-11-10-18(28-15-24-26-27-28)13-20(19)25-22(29)14-30-21-9-5-4-8-17(21)12-16-6-2-1-3-7-16/h1-11,13,15H,12,14H2,(H,25,29). The second-order valence-electron chi connectivity index (χ2n) is 6.53. The second-order valence-corrected chi connectivity index (χ2v) is 6.53. The van der Waals surface area contributed by atoms with Crippen LogP contribution in [0.4, 0.5) is 10.1 Å². The minimum absolute atomic E-state index is 0.0224. The molecule has 1 amide bonds. The van der Waals surface area contributed by atoms with Crippen molar-refractivity contribution in [1.29, 1.82) is 0 Å². The van der Waals surface area contributed by atoms with Crippen LogP contribution in [-0.4, -0.2) is 32.7 Å². The molecule has 8 heteroatoms. The molecule has 1 N–H and O–H groups in total. The molecule has 1 aromatic heterocycles. The van der Waals surface area contributed by atoms with Gasteiger partial charge in [0, 0.05) is 6.42 Å². The lowest BCUT2D eigenvalue weighted by Crippen LogP contribution is -2.21. The Balaban J connectivity index is 1.42. The third kappa shape index (κ3) is 4.67. The monoisotopic (exact) mass is 403 g/mol. The highest BCUT2D eigenvalue weighted by atomic mass is 19.1. The SMILES string of the molecule is O=C(COc1ccccc1Cc1ccccc1)Nc1cc(-n2cnnn2)ccc1F. The van der Waals surface area contributed by atoms with E-state index in [0.717, 1.165) is 11.1 Å². The van der Waals surface area contributed by atoms with Crippen molar-refractivity contribution in [3.63, 3.8) is 0 Å². The minimum atomic E-state index is -0.565. The Bertz CT molecular complexity index is 1130. The lowest BCUT2D eigenvalue weighted by atomic mass is 10.0. The number of para-hydroxylation sites is 1. The number of carbonyl (C=O) groups excluding carboxylic acids is 1. The van der Waals surface area contributed by atoms with Crippen LogP contribution < -0.4 is 10.1 Å². The molecule has 1 heterocycles. The zero-order valence-electron chi connectivity index (χ0n) is 15.9. The van der Waals surface area contributed by atoms with E-state index >= 15 is 0 Å². The molecule has 0 aliphatic carbocycles. The topological polar surface area (TPSA) is 81.9 Å². The highest BCUT2D eigenvalue weighted by Gasteiger charge is 2.12. The van der Waals surface area contributed by atoms with Gasteiger partial charge in [0.05, 0.1) is 11.4 Å². The van der Waals surface area contributed by atoms with Crippen LogP contribution in [0.15, 0.2) is 79.1 Å². The van der Waals surface area contributed by atoms with Gasteiger partial charge in [0.15, 0.2) is 6.61 Å². The van der Waals surface area contributed by atoms with Gasteiger partial charge in [-0.3, -0.25) is 4.79 Å². The molecular formula is C22H18FN5O2. The van der Waals surface area contributed by atoms with Gasteiger partial charge in [-0.05, 0) is 45.8 Å². The number of rotatable bonds is 7. The third-order valence-electron chi connectivity index (χ3n) is 4.41. The first-order chi connectivity index (χ1) is 14.7. The number of anilines is 1. The summed E-state index contributed by atoms with van der Waals surface area (Å²) in [7, 11) is 0. The summed E-state index contributed by atoms with van der Waals surface area (Å²) in [5.41, 5.74) is 2.64. The highest BCUT2D eigenvalue weighted by Crippen LogP contribution is 2.22. The number of nitrogens with one attached hydrogen (secondary N) is 1. The molecule has 0 saturated heterocycles. The highest BCUT2D eigenvalue weighted by molar-refractivity contribution is 5.92. The minimum Gasteiger partial charge on any atom is -0.483 e. The van der Waals surface area contributed by atoms with Crippen molar-refractivity contribution in [3.8, 4) is 11.4 Å². The molecule has 0 aliphatic rings. The fourth-order valence-corrected chi connectivity index (χ4v) is 2.97. The normalized spacial score (nSPS) is 10.6. The van der Waals surface area contributed by atoms with Crippen LogP contribution >= 0.6 is 0 Å². The Morgan fingerprint density at radius 3 is 2.63 bits per heavy atom. The molecule has 0 fully saturated rings. The number of aromatic nitrogens is 4. The fourth-order valence-electron chi connectivity index (χ4n) is 2.97. The number of hydrogen-bond acceptors (Lipinski definition) is 5. The van der Waals surface area contributed by atoms with E-state index in [9.17, 15) is 9.18 Å². The van der Waals surface area contributed by atoms with Crippen molar-refractivity contribution in [3.05, 3.63) is 96.1 Å². The summed E-state index contributed by atoms with van der Waals surface area (Å²) < 4.78 is 21.2. The molecule has 0 aliphatic heterocycles. The predicted molar refractivity (Wildman–Crippen MR) is 109 cm³/mol. The number of ether oxygens (including phenoxy) is 1. The lowest BCUT2D eigenvalue weighted by molar-refractivity contribution is -0.118. The van der Waals surface area contributed by atoms with Crippen LogP contribution in [0.25, 0.3) is 5.69 Å². The Kier molecular flexibility index (Phi) is 5.75. The summed E-state index contributed by atoms with van der Waals surface area (Å²) in [6.45, 7) is -0.250. The molecule has 7 nitrogen and oxygen atoms in total. The summed E-state index contributed by atoms with van der Waals surface area (Å²) in [5, 5.41) is 13.4. The molecular weight excluding hydrogens is 385 g/mol. The molecule has 0 saturated carbocycles. The van der Waals surface area contributed by atoms with E-state index in [1.165, 1.54) is 29.2 Å². The van der Waals surface area contributed by atoms with Gasteiger partial charge in [-0.25, -0.2) is 9.07 Å². The largest absolute Gasteiger partial charge is 0.483 e. The maximum atomic E-state index is 14.1. The molecule has 30 heavy (non-hydrogen) atoms. The Labute approximate surface area is 172 Å². The molecule has 0 atom stereocenters. The van der Waals surface area contributed by atoms with Crippen LogP contribution in [-0.2, 0) is 11.2 Å². The van der Waals surface area contributed by atoms with Crippen LogP contribution in [0.5, 0.6) is 5.75 Å². The van der Waals surface area contributed by atoms with E-state index in [-0.39, 0.29) is 12.3 Å². The zero-order chi connectivity index (χ0) is 20.8. The summed E-state index contributed by atoms with van der Waals surface area (Å²) in [5.74, 6) is -0.429. The number of tetrazole rings is 1. The van der Waals surface area contributed by atoms with Crippen molar-refractivity contribution in [2.24, 2.45) is 0 Å². The van der Waals surface area contributed by atoms with Gasteiger partial charge in [-0.2, -0.15) is 0 Å². The fraction of sp³-hybridized carbons (Fsp3) is 0.0909. The number of hydrogen-bond donors (Lipinski definition) is 1. The van der Waals surface area contributed by atoms with Crippen LogP contribution in [0.1, 0.15) is 11.1 Å². The summed E-state index contributed by atoms with van der Waals surface area (Å²) in [4.78, 5) is 12.4. The van der Waals surface area contributed by atoms with Gasteiger partial charge in [0.25, 0.3) is 5.91 Å².